The number of hydrogen-bond donors (Lipinski definition) is 3. The van der Waals surface area contributed by atoms with E-state index in [-0.39, 0.29) is 18.0 Å². The molecule has 1 fully saturated rings. The average molecular weight is 594 g/mol. The molecule has 1 heterocycles. The highest BCUT2D eigenvalue weighted by atomic mass is 35.5. The maximum atomic E-state index is 13.4. The van der Waals surface area contributed by atoms with E-state index in [1.807, 2.05) is 51.1 Å². The summed E-state index contributed by atoms with van der Waals surface area (Å²) in [6, 6.07) is 13.8. The smallest absolute Gasteiger partial charge is 0.407 e. The number of hydrogen-bond acceptors (Lipinski definition) is 7. The van der Waals surface area contributed by atoms with Crippen LogP contribution in [0.15, 0.2) is 60.9 Å². The van der Waals surface area contributed by atoms with E-state index in [9.17, 15) is 14.4 Å². The zero-order chi connectivity index (χ0) is 30.1. The fourth-order valence-corrected chi connectivity index (χ4v) is 4.92. The molecule has 1 aliphatic carbocycles. The lowest BCUT2D eigenvalue weighted by Crippen LogP contribution is -2.52. The first-order chi connectivity index (χ1) is 20.1. The van der Waals surface area contributed by atoms with Crippen LogP contribution in [0.1, 0.15) is 57.6 Å². The number of aromatic nitrogens is 4. The van der Waals surface area contributed by atoms with Gasteiger partial charge in [0.05, 0.1) is 5.69 Å². The number of alkyl carbamates (subject to hydrolysis) is 1. The topological polar surface area (TPSA) is 140 Å². The number of tetrazole rings is 1. The van der Waals surface area contributed by atoms with Gasteiger partial charge in [0.25, 0.3) is 0 Å². The number of carbonyl (C=O) groups is 3. The third kappa shape index (κ3) is 9.41. The molecule has 1 atom stereocenters. The Morgan fingerprint density at radius 2 is 1.74 bits per heavy atom. The van der Waals surface area contributed by atoms with Gasteiger partial charge in [-0.05, 0) is 86.7 Å². The molecule has 0 saturated heterocycles. The first kappa shape index (κ1) is 30.7. The molecule has 0 radical (unpaired) electrons. The van der Waals surface area contributed by atoms with Crippen molar-refractivity contribution in [2.45, 2.75) is 76.6 Å². The minimum Gasteiger partial charge on any atom is -0.444 e. The van der Waals surface area contributed by atoms with Gasteiger partial charge >= 0.3 is 6.09 Å². The molecule has 0 spiro atoms. The van der Waals surface area contributed by atoms with E-state index >= 15 is 0 Å². The van der Waals surface area contributed by atoms with Crippen LogP contribution >= 0.6 is 11.6 Å². The number of benzene rings is 2. The van der Waals surface area contributed by atoms with Crippen LogP contribution < -0.4 is 16.0 Å². The molecule has 0 bridgehead atoms. The van der Waals surface area contributed by atoms with Crippen molar-refractivity contribution >= 4 is 35.6 Å². The Balaban J connectivity index is 1.38. The highest BCUT2D eigenvalue weighted by molar-refractivity contribution is 6.30. The van der Waals surface area contributed by atoms with Crippen molar-refractivity contribution in [3.05, 3.63) is 77.1 Å². The first-order valence-electron chi connectivity index (χ1n) is 13.9. The Morgan fingerprint density at radius 3 is 2.38 bits per heavy atom. The molecule has 3 aromatic rings. The van der Waals surface area contributed by atoms with Crippen LogP contribution in [0.3, 0.4) is 0 Å². The predicted molar refractivity (Wildman–Crippen MR) is 159 cm³/mol. The van der Waals surface area contributed by atoms with Crippen LogP contribution in [0.4, 0.5) is 4.79 Å². The van der Waals surface area contributed by atoms with Crippen molar-refractivity contribution in [2.24, 2.45) is 0 Å². The summed E-state index contributed by atoms with van der Waals surface area (Å²) < 4.78 is 6.82. The van der Waals surface area contributed by atoms with Crippen molar-refractivity contribution in [3.63, 3.8) is 0 Å². The van der Waals surface area contributed by atoms with Crippen molar-refractivity contribution in [2.75, 3.05) is 0 Å². The Bertz CT molecular complexity index is 1380. The molecule has 12 heteroatoms. The number of nitrogens with zero attached hydrogens (tertiary/aromatic N) is 4. The zero-order valence-electron chi connectivity index (χ0n) is 23.9. The molecule has 42 heavy (non-hydrogen) atoms. The predicted octanol–water partition coefficient (Wildman–Crippen LogP) is 4.01. The lowest BCUT2D eigenvalue weighted by molar-refractivity contribution is -0.127. The van der Waals surface area contributed by atoms with E-state index in [2.05, 4.69) is 31.5 Å². The second-order valence-corrected chi connectivity index (χ2v) is 11.7. The Kier molecular flexibility index (Phi) is 10.3. The molecule has 2 aromatic carbocycles. The normalized spacial score (nSPS) is 17.8. The number of rotatable bonds is 9. The fourth-order valence-electron chi connectivity index (χ4n) is 4.74. The molecule has 1 saturated carbocycles. The summed E-state index contributed by atoms with van der Waals surface area (Å²) in [7, 11) is 0. The summed E-state index contributed by atoms with van der Waals surface area (Å²) in [6.45, 7) is 5.47. The molecular formula is C30H36ClN7O4. The SMILES string of the molecule is CC(C)(C)OC(=O)NC1CCC(NC(=O)[C@H](Cc2ccccc2)NC(=O)/C=C/c2cc(Cl)ccc2-n2cnnn2)CC1. The fraction of sp³-hybridized carbons (Fsp3) is 0.400. The van der Waals surface area contributed by atoms with Crippen molar-refractivity contribution in [1.29, 1.82) is 0 Å². The maximum absolute atomic E-state index is 13.4. The molecule has 3 amide bonds. The van der Waals surface area contributed by atoms with Gasteiger partial charge in [0.1, 0.15) is 18.0 Å². The van der Waals surface area contributed by atoms with Gasteiger partial charge in [0, 0.05) is 35.2 Å². The van der Waals surface area contributed by atoms with Crippen LogP contribution in [-0.2, 0) is 20.7 Å². The van der Waals surface area contributed by atoms with E-state index < -0.39 is 23.6 Å². The summed E-state index contributed by atoms with van der Waals surface area (Å²) in [5.41, 5.74) is 1.63. The van der Waals surface area contributed by atoms with Gasteiger partial charge in [-0.25, -0.2) is 4.79 Å². The number of ether oxygens (including phenoxy) is 1. The molecule has 11 nitrogen and oxygen atoms in total. The molecule has 0 unspecified atom stereocenters. The summed E-state index contributed by atoms with van der Waals surface area (Å²) in [6.07, 6.45) is 7.14. The highest BCUT2D eigenvalue weighted by Gasteiger charge is 2.28. The van der Waals surface area contributed by atoms with Crippen LogP contribution in [0, 0.1) is 0 Å². The van der Waals surface area contributed by atoms with Gasteiger partial charge in [-0.1, -0.05) is 41.9 Å². The number of halogens is 1. The van der Waals surface area contributed by atoms with Crippen molar-refractivity contribution in [1.82, 2.24) is 36.2 Å². The van der Waals surface area contributed by atoms with Crippen LogP contribution in [-0.4, -0.2) is 61.8 Å². The van der Waals surface area contributed by atoms with E-state index in [4.69, 9.17) is 16.3 Å². The molecule has 1 aliphatic rings. The third-order valence-electron chi connectivity index (χ3n) is 6.71. The minimum absolute atomic E-state index is 0.0114. The van der Waals surface area contributed by atoms with Gasteiger partial charge in [-0.3, -0.25) is 9.59 Å². The second kappa shape index (κ2) is 14.1. The van der Waals surface area contributed by atoms with E-state index in [0.717, 1.165) is 5.56 Å². The number of nitrogens with one attached hydrogen (secondary N) is 3. The summed E-state index contributed by atoms with van der Waals surface area (Å²) in [4.78, 5) is 38.6. The quantitative estimate of drug-likeness (QED) is 0.318. The molecule has 1 aromatic heterocycles. The Morgan fingerprint density at radius 1 is 1.05 bits per heavy atom. The zero-order valence-corrected chi connectivity index (χ0v) is 24.7. The summed E-state index contributed by atoms with van der Waals surface area (Å²) in [5, 5.41) is 20.6. The first-order valence-corrected chi connectivity index (χ1v) is 14.3. The van der Waals surface area contributed by atoms with Crippen LogP contribution in [0.2, 0.25) is 5.02 Å². The largest absolute Gasteiger partial charge is 0.444 e. The third-order valence-corrected chi connectivity index (χ3v) is 6.94. The number of carbonyl (C=O) groups excluding carboxylic acids is 3. The minimum atomic E-state index is -0.791. The molecule has 4 rings (SSSR count). The van der Waals surface area contributed by atoms with Gasteiger partial charge in [-0.2, -0.15) is 4.68 Å². The van der Waals surface area contributed by atoms with Crippen molar-refractivity contribution < 1.29 is 19.1 Å². The Labute approximate surface area is 250 Å². The second-order valence-electron chi connectivity index (χ2n) is 11.2. The Hall–Kier alpha value is -4.25. The lowest BCUT2D eigenvalue weighted by Gasteiger charge is -2.31. The van der Waals surface area contributed by atoms with Gasteiger partial charge in [0.2, 0.25) is 11.8 Å². The van der Waals surface area contributed by atoms with Crippen LogP contribution in [0.25, 0.3) is 11.8 Å². The monoisotopic (exact) mass is 593 g/mol. The number of amides is 3. The van der Waals surface area contributed by atoms with E-state index in [1.54, 1.807) is 24.3 Å². The standard InChI is InChI=1S/C30H36ClN7O4/c1-30(2,3)42-29(41)34-24-13-11-23(12-14-24)33-28(40)25(17-20-7-5-4-6-8-20)35-27(39)16-9-21-18-22(31)10-15-26(21)38-19-32-36-37-38/h4-10,15-16,18-19,23-25H,11-14,17H2,1-3H3,(H,33,40)(H,34,41)(H,35,39)/b16-9+/t23?,24?,25-/m0/s1. The average Bonchev–Trinajstić information content (AvgIpc) is 3.47. The van der Waals surface area contributed by atoms with Gasteiger partial charge in [-0.15, -0.1) is 5.10 Å². The van der Waals surface area contributed by atoms with Crippen LogP contribution in [0.5, 0.6) is 0 Å². The molecule has 0 aliphatic heterocycles. The molecule has 222 valence electrons. The lowest BCUT2D eigenvalue weighted by atomic mass is 9.91. The van der Waals surface area contributed by atoms with E-state index in [1.165, 1.54) is 17.1 Å². The van der Waals surface area contributed by atoms with Gasteiger partial charge in [0.15, 0.2) is 0 Å². The molecular weight excluding hydrogens is 558 g/mol. The van der Waals surface area contributed by atoms with Gasteiger partial charge < -0.3 is 20.7 Å². The van der Waals surface area contributed by atoms with E-state index in [0.29, 0.717) is 48.4 Å². The van der Waals surface area contributed by atoms with Crippen molar-refractivity contribution in [3.8, 4) is 5.69 Å². The highest BCUT2D eigenvalue weighted by Crippen LogP contribution is 2.21. The molecule has 3 N–H and O–H groups in total. The maximum Gasteiger partial charge on any atom is 0.407 e. The summed E-state index contributed by atoms with van der Waals surface area (Å²) >= 11 is 6.19. The summed E-state index contributed by atoms with van der Waals surface area (Å²) in [5.74, 6) is -0.694.